The van der Waals surface area contributed by atoms with E-state index in [-0.39, 0.29) is 0 Å². The molecule has 0 aliphatic heterocycles. The molecule has 19 heavy (non-hydrogen) atoms. The van der Waals surface area contributed by atoms with E-state index < -0.39 is 0 Å². The summed E-state index contributed by atoms with van der Waals surface area (Å²) in [6.07, 6.45) is 5.44. The zero-order valence-corrected chi connectivity index (χ0v) is 13.9. The molecule has 0 atom stereocenters. The highest BCUT2D eigenvalue weighted by Crippen LogP contribution is 2.43. The van der Waals surface area contributed by atoms with Crippen molar-refractivity contribution in [3.8, 4) is 0 Å². The van der Waals surface area contributed by atoms with Crippen LogP contribution in [0.25, 0.3) is 0 Å². The van der Waals surface area contributed by atoms with Crippen molar-refractivity contribution in [1.82, 2.24) is 0 Å². The number of hydrogen-bond acceptors (Lipinski definition) is 0. The highest BCUT2D eigenvalue weighted by Gasteiger charge is 2.28. The van der Waals surface area contributed by atoms with Crippen molar-refractivity contribution < 1.29 is 0 Å². The molecule has 0 aromatic heterocycles. The van der Waals surface area contributed by atoms with Crippen LogP contribution in [0.5, 0.6) is 0 Å². The maximum Gasteiger partial charge on any atom is -0.0156 e. The first-order valence-electron chi connectivity index (χ1n) is 7.81. The molecule has 0 unspecified atom stereocenters. The molecule has 0 heteroatoms. The summed E-state index contributed by atoms with van der Waals surface area (Å²) < 4.78 is 0. The fraction of sp³-hybridized carbons (Fsp3) is 0.684. The largest absolute Gasteiger partial charge is 0.0599 e. The minimum absolute atomic E-state index is 0.372. The monoisotopic (exact) mass is 258 g/mol. The zero-order chi connectivity index (χ0) is 14.4. The predicted molar refractivity (Wildman–Crippen MR) is 85.1 cm³/mol. The second kappa shape index (κ2) is 4.96. The van der Waals surface area contributed by atoms with Crippen LogP contribution in [0.3, 0.4) is 0 Å². The summed E-state index contributed by atoms with van der Waals surface area (Å²) >= 11 is 0. The lowest BCUT2D eigenvalue weighted by Crippen LogP contribution is -2.19. The average molecular weight is 258 g/mol. The van der Waals surface area contributed by atoms with Gasteiger partial charge < -0.3 is 0 Å². The summed E-state index contributed by atoms with van der Waals surface area (Å²) in [6, 6.07) is 0. The van der Waals surface area contributed by atoms with Crippen LogP contribution >= 0.6 is 0 Å². The van der Waals surface area contributed by atoms with Gasteiger partial charge in [0, 0.05) is 0 Å². The molecule has 1 aliphatic carbocycles. The third kappa shape index (κ3) is 2.73. The first kappa shape index (κ1) is 14.6. The topological polar surface area (TPSA) is 0 Å². The molecule has 1 aromatic rings. The van der Waals surface area contributed by atoms with Crippen LogP contribution in [0, 0.1) is 33.1 Å². The average Bonchev–Trinajstić information content (AvgIpc) is 2.24. The van der Waals surface area contributed by atoms with Crippen molar-refractivity contribution in [1.29, 1.82) is 0 Å². The van der Waals surface area contributed by atoms with Gasteiger partial charge >= 0.3 is 0 Å². The van der Waals surface area contributed by atoms with E-state index in [1.165, 1.54) is 36.8 Å². The molecule has 1 fully saturated rings. The van der Waals surface area contributed by atoms with Crippen molar-refractivity contribution in [2.45, 2.75) is 80.1 Å². The van der Waals surface area contributed by atoms with E-state index in [4.69, 9.17) is 0 Å². The SMILES string of the molecule is Cc1c(C)c(C)c(C2CCC2)c(CC(C)(C)C)c1C. The summed E-state index contributed by atoms with van der Waals surface area (Å²) in [7, 11) is 0. The fourth-order valence-corrected chi connectivity index (χ4v) is 3.43. The molecule has 0 spiro atoms. The molecule has 1 aromatic carbocycles. The number of hydrogen-bond donors (Lipinski definition) is 0. The first-order chi connectivity index (χ1) is 8.72. The Balaban J connectivity index is 2.60. The van der Waals surface area contributed by atoms with Crippen LogP contribution in [0.1, 0.15) is 79.3 Å². The van der Waals surface area contributed by atoms with Crippen molar-refractivity contribution in [2.24, 2.45) is 5.41 Å². The van der Waals surface area contributed by atoms with Gasteiger partial charge in [-0.3, -0.25) is 0 Å². The molecule has 0 heterocycles. The van der Waals surface area contributed by atoms with Gasteiger partial charge in [-0.1, -0.05) is 27.2 Å². The molecule has 1 aliphatic rings. The van der Waals surface area contributed by atoms with Crippen LogP contribution in [0.2, 0.25) is 0 Å². The van der Waals surface area contributed by atoms with Crippen LogP contribution in [0.4, 0.5) is 0 Å². The highest BCUT2D eigenvalue weighted by atomic mass is 14.3. The quantitative estimate of drug-likeness (QED) is 0.631. The standard InChI is InChI=1S/C19H30/c1-12-13(2)15(4)18(16-9-8-10-16)17(14(12)3)11-19(5,6)7/h16H,8-11H2,1-7H3. The molecule has 0 bridgehead atoms. The Labute approximate surface area is 119 Å². The van der Waals surface area contributed by atoms with Gasteiger partial charge in [-0.25, -0.2) is 0 Å². The minimum Gasteiger partial charge on any atom is -0.0599 e. The molecular weight excluding hydrogens is 228 g/mol. The van der Waals surface area contributed by atoms with Gasteiger partial charge in [0.25, 0.3) is 0 Å². The van der Waals surface area contributed by atoms with Crippen LogP contribution in [0.15, 0.2) is 0 Å². The first-order valence-corrected chi connectivity index (χ1v) is 7.81. The van der Waals surface area contributed by atoms with Gasteiger partial charge in [0.05, 0.1) is 0 Å². The van der Waals surface area contributed by atoms with Crippen molar-refractivity contribution in [3.63, 3.8) is 0 Å². The van der Waals surface area contributed by atoms with E-state index in [2.05, 4.69) is 48.5 Å². The number of rotatable bonds is 2. The van der Waals surface area contributed by atoms with E-state index in [0.29, 0.717) is 5.41 Å². The van der Waals surface area contributed by atoms with Gasteiger partial charge in [-0.15, -0.1) is 0 Å². The second-order valence-corrected chi connectivity index (χ2v) is 7.76. The van der Waals surface area contributed by atoms with Gasteiger partial charge in [-0.05, 0) is 91.7 Å². The third-order valence-corrected chi connectivity index (χ3v) is 5.09. The van der Waals surface area contributed by atoms with Crippen molar-refractivity contribution in [3.05, 3.63) is 33.4 Å². The van der Waals surface area contributed by atoms with E-state index in [9.17, 15) is 0 Å². The Hall–Kier alpha value is -0.780. The van der Waals surface area contributed by atoms with Gasteiger partial charge in [-0.2, -0.15) is 0 Å². The summed E-state index contributed by atoms with van der Waals surface area (Å²) in [5.74, 6) is 0.843. The zero-order valence-electron chi connectivity index (χ0n) is 13.9. The van der Waals surface area contributed by atoms with Crippen LogP contribution in [-0.4, -0.2) is 0 Å². The maximum atomic E-state index is 2.36. The lowest BCUT2D eigenvalue weighted by Gasteiger charge is -2.34. The summed E-state index contributed by atoms with van der Waals surface area (Å²) in [6.45, 7) is 16.4. The van der Waals surface area contributed by atoms with Crippen molar-refractivity contribution in [2.75, 3.05) is 0 Å². The summed E-state index contributed by atoms with van der Waals surface area (Å²) in [5, 5.41) is 0. The van der Waals surface area contributed by atoms with E-state index >= 15 is 0 Å². The van der Waals surface area contributed by atoms with Gasteiger partial charge in [0.1, 0.15) is 0 Å². The predicted octanol–water partition coefficient (Wildman–Crippen LogP) is 5.78. The van der Waals surface area contributed by atoms with E-state index in [1.807, 2.05) is 0 Å². The molecular formula is C19H30. The Bertz CT molecular complexity index is 482. The third-order valence-electron chi connectivity index (χ3n) is 5.09. The maximum absolute atomic E-state index is 2.36. The molecule has 1 saturated carbocycles. The molecule has 0 radical (unpaired) electrons. The van der Waals surface area contributed by atoms with Crippen LogP contribution in [-0.2, 0) is 6.42 Å². The highest BCUT2D eigenvalue weighted by molar-refractivity contribution is 5.52. The molecule has 0 nitrogen and oxygen atoms in total. The van der Waals surface area contributed by atoms with Crippen molar-refractivity contribution >= 4 is 0 Å². The Kier molecular flexibility index (Phi) is 3.82. The van der Waals surface area contributed by atoms with Gasteiger partial charge in [0.2, 0.25) is 0 Å². The van der Waals surface area contributed by atoms with Gasteiger partial charge in [0.15, 0.2) is 0 Å². The number of benzene rings is 1. The molecule has 2 rings (SSSR count). The molecule has 0 N–H and O–H groups in total. The lowest BCUT2D eigenvalue weighted by molar-refractivity contribution is 0.389. The molecule has 106 valence electrons. The minimum atomic E-state index is 0.372. The van der Waals surface area contributed by atoms with E-state index in [1.54, 1.807) is 22.3 Å². The smallest absolute Gasteiger partial charge is 0.0156 e. The molecule has 0 saturated heterocycles. The second-order valence-electron chi connectivity index (χ2n) is 7.76. The lowest BCUT2D eigenvalue weighted by atomic mass is 9.71. The summed E-state index contributed by atoms with van der Waals surface area (Å²) in [5.41, 5.74) is 9.92. The van der Waals surface area contributed by atoms with Crippen LogP contribution < -0.4 is 0 Å². The summed E-state index contributed by atoms with van der Waals surface area (Å²) in [4.78, 5) is 0. The fourth-order valence-electron chi connectivity index (χ4n) is 3.43. The Morgan fingerprint density at radius 1 is 0.842 bits per heavy atom. The van der Waals surface area contributed by atoms with E-state index in [0.717, 1.165) is 5.92 Å². The normalized spacial score (nSPS) is 16.6. The Morgan fingerprint density at radius 3 is 1.79 bits per heavy atom. The Morgan fingerprint density at radius 2 is 1.37 bits per heavy atom. The molecule has 0 amide bonds.